The summed E-state index contributed by atoms with van der Waals surface area (Å²) in [5.41, 5.74) is 0. The summed E-state index contributed by atoms with van der Waals surface area (Å²) in [6.07, 6.45) is 6.83. The topological polar surface area (TPSA) is 131 Å². The van der Waals surface area contributed by atoms with E-state index in [1.807, 2.05) is 0 Å². The number of carbonyl (C=O) groups is 2. The van der Waals surface area contributed by atoms with Gasteiger partial charge in [-0.15, -0.1) is 0 Å². The van der Waals surface area contributed by atoms with E-state index in [-0.39, 0.29) is 24.9 Å². The van der Waals surface area contributed by atoms with Gasteiger partial charge in [-0.3, -0.25) is 9.28 Å². The van der Waals surface area contributed by atoms with Crippen molar-refractivity contribution in [3.8, 4) is 0 Å². The van der Waals surface area contributed by atoms with Gasteiger partial charge >= 0.3 is 5.97 Å². The number of unbranched alkanes of at least 4 members (excludes halogenated alkanes) is 4. The second-order valence-corrected chi connectivity index (χ2v) is 6.66. The first kappa shape index (κ1) is 24.5. The predicted octanol–water partition coefficient (Wildman–Crippen LogP) is 0.382. The first-order valence-corrected chi connectivity index (χ1v) is 9.39. The van der Waals surface area contributed by atoms with Gasteiger partial charge in [0, 0.05) is 18.8 Å². The molecule has 1 rings (SSSR count). The Morgan fingerprint density at radius 2 is 1.88 bits per heavy atom. The molecule has 0 radical (unpaired) electrons. The van der Waals surface area contributed by atoms with Gasteiger partial charge in [-0.1, -0.05) is 32.6 Å². The summed E-state index contributed by atoms with van der Waals surface area (Å²) in [5.74, 6) is -0.837. The molecule has 8 heteroatoms. The highest BCUT2D eigenvalue weighted by Crippen LogP contribution is 2.21. The second kappa shape index (κ2) is 13.7. The van der Waals surface area contributed by atoms with E-state index in [4.69, 9.17) is 9.84 Å². The summed E-state index contributed by atoms with van der Waals surface area (Å²) in [6, 6.07) is 0. The third-order valence-corrected chi connectivity index (χ3v) is 4.74. The number of rotatable bonds is 15. The Morgan fingerprint density at radius 3 is 2.54 bits per heavy atom. The highest BCUT2D eigenvalue weighted by atomic mass is 16.5. The van der Waals surface area contributed by atoms with Crippen molar-refractivity contribution in [3.05, 3.63) is 0 Å². The summed E-state index contributed by atoms with van der Waals surface area (Å²) in [5, 5.41) is 19.5. The Hall–Kier alpha value is -1.51. The van der Waals surface area contributed by atoms with Gasteiger partial charge in [-0.05, 0) is 6.42 Å². The summed E-state index contributed by atoms with van der Waals surface area (Å²) in [4.78, 5) is 26.1. The monoisotopic (exact) mass is 374 g/mol. The van der Waals surface area contributed by atoms with Crippen LogP contribution in [-0.2, 0) is 14.3 Å². The minimum Gasteiger partial charge on any atom is -0.550 e. The number of aliphatic carboxylic acids is 2. The molecule has 3 N–H and O–H groups in total. The molecule has 0 aliphatic carbocycles. The van der Waals surface area contributed by atoms with Gasteiger partial charge in [0.15, 0.2) is 5.84 Å². The second-order valence-electron chi connectivity index (χ2n) is 6.66. The molecule has 1 atom stereocenters. The lowest BCUT2D eigenvalue weighted by atomic mass is 10.1. The van der Waals surface area contributed by atoms with Crippen LogP contribution in [0.1, 0.15) is 58.3 Å². The third kappa shape index (κ3) is 9.26. The van der Waals surface area contributed by atoms with Gasteiger partial charge in [0.25, 0.3) is 0 Å². The molecule has 0 saturated carbocycles. The van der Waals surface area contributed by atoms with Gasteiger partial charge in [-0.2, -0.15) is 0 Å². The number of carboxylic acids is 2. The summed E-state index contributed by atoms with van der Waals surface area (Å²) < 4.78 is 5.98. The molecule has 1 aliphatic rings. The van der Waals surface area contributed by atoms with E-state index in [2.05, 4.69) is 11.9 Å². The molecule has 0 aromatic rings. The molecular formula is C18H34N2O6. The summed E-state index contributed by atoms with van der Waals surface area (Å²) in [7, 11) is 0. The van der Waals surface area contributed by atoms with E-state index in [1.165, 1.54) is 25.7 Å². The van der Waals surface area contributed by atoms with Gasteiger partial charge in [-0.25, -0.2) is 4.99 Å². The number of carboxylic acid groups (broad SMARTS) is 2. The SMILES string of the molecule is CCCCCCCC1=NCC[N+]1(CCOCCC(=O)[O-])CCC(=O)O.O. The van der Waals surface area contributed by atoms with Crippen LogP contribution < -0.4 is 5.11 Å². The normalized spacial score (nSPS) is 19.0. The van der Waals surface area contributed by atoms with Gasteiger partial charge < -0.3 is 25.2 Å². The van der Waals surface area contributed by atoms with Crippen LogP contribution in [0.25, 0.3) is 0 Å². The van der Waals surface area contributed by atoms with Crippen molar-refractivity contribution >= 4 is 17.8 Å². The molecule has 0 amide bonds. The number of carbonyl (C=O) groups excluding carboxylic acids is 1. The largest absolute Gasteiger partial charge is 0.550 e. The average molecular weight is 374 g/mol. The maximum absolute atomic E-state index is 11.0. The molecule has 26 heavy (non-hydrogen) atoms. The van der Waals surface area contributed by atoms with Crippen LogP contribution in [0.15, 0.2) is 4.99 Å². The minimum absolute atomic E-state index is 0. The smallest absolute Gasteiger partial charge is 0.309 e. The standard InChI is InChI=1S/C18H32N2O5.H2O/c1-2-3-4-5-6-7-16-19-10-12-20(16,11-8-17(21)22)13-15-25-14-9-18(23)24;/h2-15H2,1H3,(H-,21,22,23,24);1H2. The van der Waals surface area contributed by atoms with Crippen LogP contribution >= 0.6 is 0 Å². The van der Waals surface area contributed by atoms with Gasteiger partial charge in [0.05, 0.1) is 32.7 Å². The van der Waals surface area contributed by atoms with E-state index in [1.54, 1.807) is 0 Å². The first-order chi connectivity index (χ1) is 12.0. The Balaban J connectivity index is 0.00000625. The van der Waals surface area contributed by atoms with Crippen LogP contribution in [0.2, 0.25) is 0 Å². The average Bonchev–Trinajstić information content (AvgIpc) is 2.95. The first-order valence-electron chi connectivity index (χ1n) is 9.39. The highest BCUT2D eigenvalue weighted by Gasteiger charge is 2.37. The molecule has 1 aliphatic heterocycles. The molecule has 0 aromatic heterocycles. The van der Waals surface area contributed by atoms with Crippen molar-refractivity contribution < 1.29 is 34.5 Å². The molecule has 0 bridgehead atoms. The zero-order valence-corrected chi connectivity index (χ0v) is 15.9. The van der Waals surface area contributed by atoms with E-state index < -0.39 is 11.9 Å². The van der Waals surface area contributed by atoms with Crippen molar-refractivity contribution in [2.75, 3.05) is 39.4 Å². The Labute approximate surface area is 155 Å². The van der Waals surface area contributed by atoms with Crippen molar-refractivity contribution in [1.82, 2.24) is 0 Å². The molecule has 0 spiro atoms. The van der Waals surface area contributed by atoms with Gasteiger partial charge in [0.2, 0.25) is 0 Å². The molecule has 0 saturated heterocycles. The quantitative estimate of drug-likeness (QED) is 0.327. The van der Waals surface area contributed by atoms with Crippen LogP contribution in [-0.4, -0.2) is 72.2 Å². The zero-order valence-electron chi connectivity index (χ0n) is 15.9. The van der Waals surface area contributed by atoms with Crippen molar-refractivity contribution in [2.45, 2.75) is 58.3 Å². The Bertz CT molecular complexity index is 455. The van der Waals surface area contributed by atoms with E-state index in [9.17, 15) is 14.7 Å². The van der Waals surface area contributed by atoms with Crippen LogP contribution in [0.3, 0.4) is 0 Å². The van der Waals surface area contributed by atoms with Crippen LogP contribution in [0.5, 0.6) is 0 Å². The lowest BCUT2D eigenvalue weighted by Gasteiger charge is -2.34. The molecular weight excluding hydrogens is 340 g/mol. The third-order valence-electron chi connectivity index (χ3n) is 4.74. The van der Waals surface area contributed by atoms with E-state index in [0.29, 0.717) is 24.2 Å². The van der Waals surface area contributed by atoms with E-state index in [0.717, 1.165) is 31.8 Å². The van der Waals surface area contributed by atoms with Gasteiger partial charge in [0.1, 0.15) is 13.1 Å². The van der Waals surface area contributed by atoms with Crippen molar-refractivity contribution in [1.29, 1.82) is 0 Å². The van der Waals surface area contributed by atoms with Crippen molar-refractivity contribution in [3.63, 3.8) is 0 Å². The lowest BCUT2D eigenvalue weighted by molar-refractivity contribution is -0.836. The lowest BCUT2D eigenvalue weighted by Crippen LogP contribution is -2.53. The fraction of sp³-hybridized carbons (Fsp3) is 0.833. The molecule has 0 fully saturated rings. The van der Waals surface area contributed by atoms with Crippen LogP contribution in [0, 0.1) is 0 Å². The number of hydrogen-bond donors (Lipinski definition) is 1. The highest BCUT2D eigenvalue weighted by molar-refractivity contribution is 5.77. The number of ether oxygens (including phenoxy) is 1. The van der Waals surface area contributed by atoms with Crippen LogP contribution in [0.4, 0.5) is 0 Å². The fourth-order valence-electron chi connectivity index (χ4n) is 3.25. The number of nitrogens with zero attached hydrogens (tertiary/aromatic N) is 2. The molecule has 152 valence electrons. The zero-order chi connectivity index (χ0) is 18.5. The molecule has 0 aromatic carbocycles. The van der Waals surface area contributed by atoms with E-state index >= 15 is 0 Å². The molecule has 1 heterocycles. The summed E-state index contributed by atoms with van der Waals surface area (Å²) in [6.45, 7) is 5.42. The Morgan fingerprint density at radius 1 is 1.15 bits per heavy atom. The fourth-order valence-corrected chi connectivity index (χ4v) is 3.25. The number of hydrogen-bond acceptors (Lipinski definition) is 5. The minimum atomic E-state index is -1.12. The maximum atomic E-state index is 11.0. The summed E-state index contributed by atoms with van der Waals surface area (Å²) >= 11 is 0. The molecule has 1 unspecified atom stereocenters. The predicted molar refractivity (Wildman–Crippen MR) is 96.8 cm³/mol. The number of amidine groups is 1. The van der Waals surface area contributed by atoms with Crippen molar-refractivity contribution in [2.24, 2.45) is 4.99 Å². The Kier molecular flexibility index (Phi) is 12.9. The number of quaternary nitrogens is 1. The number of aliphatic imine (C=N–C) groups is 1. The molecule has 8 nitrogen and oxygen atoms in total. The maximum Gasteiger partial charge on any atom is 0.309 e.